The summed E-state index contributed by atoms with van der Waals surface area (Å²) in [6, 6.07) is 12.6. The monoisotopic (exact) mass is 466 g/mol. The summed E-state index contributed by atoms with van der Waals surface area (Å²) in [4.78, 5) is 16.9. The van der Waals surface area contributed by atoms with Gasteiger partial charge in [-0.25, -0.2) is 0 Å². The topological polar surface area (TPSA) is 50.6 Å². The van der Waals surface area contributed by atoms with Crippen molar-refractivity contribution in [2.45, 2.75) is 58.8 Å². The van der Waals surface area contributed by atoms with Gasteiger partial charge in [0.25, 0.3) is 0 Å². The Morgan fingerprint density at radius 1 is 1.15 bits per heavy atom. The van der Waals surface area contributed by atoms with E-state index >= 15 is 0 Å². The molecule has 0 bridgehead atoms. The van der Waals surface area contributed by atoms with Gasteiger partial charge >= 0.3 is 0 Å². The van der Waals surface area contributed by atoms with Crippen molar-refractivity contribution in [2.24, 2.45) is 0 Å². The van der Waals surface area contributed by atoms with Crippen LogP contribution in [0.25, 0.3) is 0 Å². The Kier molecular flexibility index (Phi) is 7.83. The first-order valence-electron chi connectivity index (χ1n) is 11.7. The first-order chi connectivity index (χ1) is 16.0. The van der Waals surface area contributed by atoms with Gasteiger partial charge in [-0.1, -0.05) is 12.1 Å². The van der Waals surface area contributed by atoms with E-state index in [0.29, 0.717) is 13.0 Å². The highest BCUT2D eigenvalue weighted by molar-refractivity contribution is 7.07. The molecule has 1 aliphatic heterocycles. The van der Waals surface area contributed by atoms with Crippen LogP contribution in [0.15, 0.2) is 47.2 Å². The van der Waals surface area contributed by atoms with Gasteiger partial charge in [-0.05, 0) is 67.0 Å². The molecule has 1 fully saturated rings. The highest BCUT2D eigenvalue weighted by atomic mass is 32.1. The number of carbonyl (C=O) groups excluding carboxylic acids is 1. The third-order valence-electron chi connectivity index (χ3n) is 6.12. The lowest BCUT2D eigenvalue weighted by molar-refractivity contribution is -0.133. The highest BCUT2D eigenvalue weighted by Crippen LogP contribution is 2.22. The zero-order valence-corrected chi connectivity index (χ0v) is 20.7. The molecule has 1 aromatic carbocycles. The molecule has 2 aromatic heterocycles. The largest absolute Gasteiger partial charge is 0.490 e. The van der Waals surface area contributed by atoms with E-state index in [1.807, 2.05) is 35.6 Å². The lowest BCUT2D eigenvalue weighted by Crippen LogP contribution is -2.42. The van der Waals surface area contributed by atoms with Gasteiger partial charge in [0.15, 0.2) is 0 Å². The van der Waals surface area contributed by atoms with Crippen LogP contribution in [0.2, 0.25) is 0 Å². The molecule has 176 valence electrons. The van der Waals surface area contributed by atoms with Crippen molar-refractivity contribution in [3.05, 3.63) is 69.7 Å². The molecule has 0 N–H and O–H groups in total. The van der Waals surface area contributed by atoms with Crippen LogP contribution in [-0.4, -0.2) is 51.7 Å². The Bertz CT molecular complexity index is 1040. The maximum absolute atomic E-state index is 12.7. The molecule has 0 atom stereocenters. The molecule has 1 saturated heterocycles. The maximum atomic E-state index is 12.7. The van der Waals surface area contributed by atoms with Crippen LogP contribution in [0, 0.1) is 13.8 Å². The lowest BCUT2D eigenvalue weighted by Gasteiger charge is -2.32. The van der Waals surface area contributed by atoms with Crippen LogP contribution in [0.3, 0.4) is 0 Å². The van der Waals surface area contributed by atoms with Crippen LogP contribution in [0.5, 0.6) is 5.75 Å². The van der Waals surface area contributed by atoms with Gasteiger partial charge in [0.1, 0.15) is 11.9 Å². The lowest BCUT2D eigenvalue weighted by atomic mass is 10.1. The fourth-order valence-electron chi connectivity index (χ4n) is 4.46. The molecule has 6 nitrogen and oxygen atoms in total. The fourth-order valence-corrected chi connectivity index (χ4v) is 5.12. The van der Waals surface area contributed by atoms with Gasteiger partial charge in [-0.3, -0.25) is 14.4 Å². The van der Waals surface area contributed by atoms with Crippen LogP contribution in [0.1, 0.15) is 41.8 Å². The van der Waals surface area contributed by atoms with Crippen molar-refractivity contribution in [1.82, 2.24) is 19.6 Å². The molecule has 3 aromatic rings. The number of rotatable bonds is 9. The smallest absolute Gasteiger partial charge is 0.224 e. The average molecular weight is 467 g/mol. The number of hydrogen-bond acceptors (Lipinski definition) is 5. The molecule has 0 unspecified atom stereocenters. The molecular weight excluding hydrogens is 432 g/mol. The number of ether oxygens (including phenoxy) is 1. The van der Waals surface area contributed by atoms with Gasteiger partial charge in [-0.15, -0.1) is 0 Å². The van der Waals surface area contributed by atoms with Crippen molar-refractivity contribution in [1.29, 1.82) is 0 Å². The number of nitrogens with zero attached hydrogens (tertiary/aromatic N) is 4. The van der Waals surface area contributed by atoms with E-state index in [1.165, 1.54) is 11.1 Å². The highest BCUT2D eigenvalue weighted by Gasteiger charge is 2.24. The second-order valence-electron chi connectivity index (χ2n) is 9.05. The van der Waals surface area contributed by atoms with E-state index in [1.54, 1.807) is 11.3 Å². The van der Waals surface area contributed by atoms with Gasteiger partial charge in [0.05, 0.1) is 5.69 Å². The number of likely N-dealkylation sites (tertiary alicyclic amines) is 1. The summed E-state index contributed by atoms with van der Waals surface area (Å²) in [7, 11) is 2.15. The van der Waals surface area contributed by atoms with Gasteiger partial charge in [-0.2, -0.15) is 16.4 Å². The number of amides is 1. The van der Waals surface area contributed by atoms with Gasteiger partial charge in [0.2, 0.25) is 5.91 Å². The quantitative estimate of drug-likeness (QED) is 0.461. The summed E-state index contributed by atoms with van der Waals surface area (Å²) in [6.07, 6.45) is 2.39. The Labute approximate surface area is 200 Å². The molecule has 1 amide bonds. The summed E-state index contributed by atoms with van der Waals surface area (Å²) in [5, 5.41) is 8.78. The number of benzene rings is 1. The molecule has 33 heavy (non-hydrogen) atoms. The zero-order chi connectivity index (χ0) is 23.2. The fraction of sp³-hybridized carbons (Fsp3) is 0.462. The second kappa shape index (κ2) is 11.0. The molecule has 3 heterocycles. The molecule has 0 spiro atoms. The van der Waals surface area contributed by atoms with E-state index in [9.17, 15) is 4.79 Å². The predicted molar refractivity (Wildman–Crippen MR) is 132 cm³/mol. The molecular formula is C26H34N4O2S. The summed E-state index contributed by atoms with van der Waals surface area (Å²) < 4.78 is 8.21. The molecule has 7 heteroatoms. The summed E-state index contributed by atoms with van der Waals surface area (Å²) in [5.74, 6) is 1.13. The Hall–Kier alpha value is -2.64. The first kappa shape index (κ1) is 23.5. The van der Waals surface area contributed by atoms with Crippen LogP contribution in [0.4, 0.5) is 0 Å². The van der Waals surface area contributed by atoms with Crippen molar-refractivity contribution in [3.63, 3.8) is 0 Å². The molecule has 0 radical (unpaired) electrons. The van der Waals surface area contributed by atoms with Crippen molar-refractivity contribution in [3.8, 4) is 5.75 Å². The van der Waals surface area contributed by atoms with E-state index in [0.717, 1.165) is 56.2 Å². The van der Waals surface area contributed by atoms with Crippen molar-refractivity contribution < 1.29 is 9.53 Å². The Balaban J connectivity index is 1.22. The summed E-state index contributed by atoms with van der Waals surface area (Å²) in [5.41, 5.74) is 4.71. The molecule has 0 aliphatic carbocycles. The van der Waals surface area contributed by atoms with Gasteiger partial charge < -0.3 is 9.64 Å². The number of hydrogen-bond donors (Lipinski definition) is 0. The van der Waals surface area contributed by atoms with Crippen LogP contribution in [-0.2, 0) is 24.4 Å². The third-order valence-corrected chi connectivity index (χ3v) is 6.85. The molecule has 4 rings (SSSR count). The number of aryl methyl sites for hydroxylation is 3. The minimum absolute atomic E-state index is 0.156. The minimum Gasteiger partial charge on any atom is -0.490 e. The van der Waals surface area contributed by atoms with Crippen molar-refractivity contribution >= 4 is 17.2 Å². The van der Waals surface area contributed by atoms with Gasteiger partial charge in [0, 0.05) is 57.7 Å². The number of aromatic nitrogens is 2. The third kappa shape index (κ3) is 6.68. The predicted octanol–water partition coefficient (Wildman–Crippen LogP) is 4.65. The van der Waals surface area contributed by atoms with E-state index in [2.05, 4.69) is 52.1 Å². The standard InChI is InChI=1S/C26H34N4O2S/c1-20-15-21(2)30(27-20)13-9-26(31)29-11-7-24(8-12-29)32-25-6-4-5-22(16-25)17-28(3)18-23-10-14-33-19-23/h4-6,10,14-16,19,24H,7-9,11-13,17-18H2,1-3H3. The van der Waals surface area contributed by atoms with Crippen LogP contribution >= 0.6 is 11.3 Å². The summed E-state index contributed by atoms with van der Waals surface area (Å²) in [6.45, 7) is 7.99. The van der Waals surface area contributed by atoms with Crippen LogP contribution < -0.4 is 4.74 Å². The van der Waals surface area contributed by atoms with Crippen molar-refractivity contribution in [2.75, 3.05) is 20.1 Å². The number of thiophene rings is 1. The number of carbonyl (C=O) groups is 1. The molecule has 0 saturated carbocycles. The Morgan fingerprint density at radius 2 is 1.94 bits per heavy atom. The minimum atomic E-state index is 0.156. The maximum Gasteiger partial charge on any atom is 0.224 e. The number of piperidine rings is 1. The first-order valence-corrected chi connectivity index (χ1v) is 12.6. The van der Waals surface area contributed by atoms with E-state index in [-0.39, 0.29) is 12.0 Å². The second-order valence-corrected chi connectivity index (χ2v) is 9.83. The van der Waals surface area contributed by atoms with E-state index < -0.39 is 0 Å². The zero-order valence-electron chi connectivity index (χ0n) is 19.9. The SMILES string of the molecule is Cc1cc(C)n(CCC(=O)N2CCC(Oc3cccc(CN(C)Cc4ccsc4)c3)CC2)n1. The summed E-state index contributed by atoms with van der Waals surface area (Å²) >= 11 is 1.74. The molecule has 1 aliphatic rings. The Morgan fingerprint density at radius 3 is 2.64 bits per heavy atom. The average Bonchev–Trinajstić information content (AvgIpc) is 3.41. The normalized spacial score (nSPS) is 14.7. The van der Waals surface area contributed by atoms with E-state index in [4.69, 9.17) is 4.74 Å².